The minimum atomic E-state index is -2.62. The SMILES string of the molecule is [2H]C([2H])([2H])C(=O)c1ccc(B2OC(C)(C)C(C)(C)O2)cc1. The number of rotatable bonds is 2. The summed E-state index contributed by atoms with van der Waals surface area (Å²) in [6, 6.07) is 6.33. The molecule has 18 heavy (non-hydrogen) atoms. The Morgan fingerprint density at radius 1 is 1.11 bits per heavy atom. The van der Waals surface area contributed by atoms with Gasteiger partial charge in [0.2, 0.25) is 0 Å². The molecule has 1 aromatic rings. The topological polar surface area (TPSA) is 35.5 Å². The van der Waals surface area contributed by atoms with Crippen LogP contribution in [-0.2, 0) is 9.31 Å². The summed E-state index contributed by atoms with van der Waals surface area (Å²) < 4.78 is 33.2. The van der Waals surface area contributed by atoms with Crippen molar-refractivity contribution < 1.29 is 18.2 Å². The maximum absolute atomic E-state index is 11.7. The van der Waals surface area contributed by atoms with Crippen molar-refractivity contribution in [3.63, 3.8) is 0 Å². The Labute approximate surface area is 113 Å². The second-order valence-electron chi connectivity index (χ2n) is 5.54. The molecule has 1 aliphatic heterocycles. The molecule has 0 unspecified atom stereocenters. The number of carbonyl (C=O) groups excluding carboxylic acids is 1. The van der Waals surface area contributed by atoms with E-state index >= 15 is 0 Å². The monoisotopic (exact) mass is 249 g/mol. The van der Waals surface area contributed by atoms with Crippen LogP contribution in [0.15, 0.2) is 24.3 Å². The summed E-state index contributed by atoms with van der Waals surface area (Å²) >= 11 is 0. The average Bonchev–Trinajstić information content (AvgIpc) is 2.57. The number of benzene rings is 1. The first-order chi connectivity index (χ1) is 9.44. The zero-order valence-corrected chi connectivity index (χ0v) is 11.1. The molecule has 0 N–H and O–H groups in total. The van der Waals surface area contributed by atoms with E-state index in [4.69, 9.17) is 13.4 Å². The zero-order chi connectivity index (χ0) is 16.1. The Bertz CT molecular complexity index is 534. The highest BCUT2D eigenvalue weighted by atomic mass is 16.7. The summed E-state index contributed by atoms with van der Waals surface area (Å²) in [4.78, 5) is 11.7. The summed E-state index contributed by atoms with van der Waals surface area (Å²) in [7, 11) is -0.521. The van der Waals surface area contributed by atoms with Gasteiger partial charge in [-0.1, -0.05) is 24.3 Å². The second-order valence-corrected chi connectivity index (χ2v) is 5.54. The molecule has 0 spiro atoms. The normalized spacial score (nSPS) is 24.2. The Hall–Kier alpha value is -1.13. The van der Waals surface area contributed by atoms with Crippen LogP contribution in [-0.4, -0.2) is 24.1 Å². The fourth-order valence-corrected chi connectivity index (χ4v) is 1.77. The molecule has 0 atom stereocenters. The summed E-state index contributed by atoms with van der Waals surface area (Å²) in [5.41, 5.74) is 0.0430. The van der Waals surface area contributed by atoms with E-state index in [0.717, 1.165) is 5.46 Å². The first kappa shape index (κ1) is 9.76. The van der Waals surface area contributed by atoms with E-state index in [1.165, 1.54) is 12.1 Å². The number of Topliss-reactive ketones (excluding diaryl/α,β-unsaturated/α-hetero) is 1. The van der Waals surface area contributed by atoms with Crippen molar-refractivity contribution in [3.8, 4) is 0 Å². The minimum absolute atomic E-state index is 0.162. The molecule has 2 rings (SSSR count). The third-order valence-corrected chi connectivity index (χ3v) is 3.70. The van der Waals surface area contributed by atoms with Gasteiger partial charge in [0, 0.05) is 9.68 Å². The molecule has 0 saturated carbocycles. The summed E-state index contributed by atoms with van der Waals surface area (Å²) in [5, 5.41) is 0. The lowest BCUT2D eigenvalue weighted by Crippen LogP contribution is -2.41. The maximum atomic E-state index is 11.7. The average molecular weight is 249 g/mol. The molecule has 4 heteroatoms. The molecule has 1 aliphatic rings. The summed E-state index contributed by atoms with van der Waals surface area (Å²) in [6.45, 7) is 5.21. The van der Waals surface area contributed by atoms with Gasteiger partial charge >= 0.3 is 7.12 Å². The molecular weight excluding hydrogens is 227 g/mol. The van der Waals surface area contributed by atoms with Gasteiger partial charge in [-0.2, -0.15) is 0 Å². The van der Waals surface area contributed by atoms with Crippen LogP contribution in [0.1, 0.15) is 49.0 Å². The highest BCUT2D eigenvalue weighted by molar-refractivity contribution is 6.62. The van der Waals surface area contributed by atoms with Crippen molar-refractivity contribution in [1.82, 2.24) is 0 Å². The molecule has 0 radical (unpaired) electrons. The van der Waals surface area contributed by atoms with Crippen molar-refractivity contribution in [1.29, 1.82) is 0 Å². The van der Waals surface area contributed by atoms with Gasteiger partial charge in [0.05, 0.1) is 11.2 Å². The number of hydrogen-bond acceptors (Lipinski definition) is 3. The maximum Gasteiger partial charge on any atom is 0.494 e. The van der Waals surface area contributed by atoms with E-state index < -0.39 is 31.0 Å². The van der Waals surface area contributed by atoms with Crippen LogP contribution in [0.4, 0.5) is 0 Å². The molecule has 1 fully saturated rings. The van der Waals surface area contributed by atoms with Crippen LogP contribution in [0.5, 0.6) is 0 Å². The molecule has 1 saturated heterocycles. The van der Waals surface area contributed by atoms with Gasteiger partial charge in [0.1, 0.15) is 0 Å². The van der Waals surface area contributed by atoms with Crippen molar-refractivity contribution in [2.24, 2.45) is 0 Å². The van der Waals surface area contributed by atoms with Gasteiger partial charge in [0.25, 0.3) is 0 Å². The quantitative estimate of drug-likeness (QED) is 0.595. The second kappa shape index (κ2) is 4.21. The molecule has 1 heterocycles. The molecule has 0 aliphatic carbocycles. The van der Waals surface area contributed by atoms with Crippen LogP contribution in [0.2, 0.25) is 0 Å². The van der Waals surface area contributed by atoms with E-state index in [9.17, 15) is 4.79 Å². The third kappa shape index (κ3) is 2.23. The van der Waals surface area contributed by atoms with Gasteiger partial charge < -0.3 is 9.31 Å². The van der Waals surface area contributed by atoms with Crippen molar-refractivity contribution in [2.45, 2.75) is 45.7 Å². The van der Waals surface area contributed by atoms with Crippen LogP contribution in [0, 0.1) is 0 Å². The molecule has 0 amide bonds. The van der Waals surface area contributed by atoms with E-state index in [-0.39, 0.29) is 5.56 Å². The zero-order valence-electron chi connectivity index (χ0n) is 14.1. The lowest BCUT2D eigenvalue weighted by molar-refractivity contribution is 0.00578. The fourth-order valence-electron chi connectivity index (χ4n) is 1.77. The van der Waals surface area contributed by atoms with E-state index in [1.54, 1.807) is 12.1 Å². The van der Waals surface area contributed by atoms with Gasteiger partial charge in [-0.3, -0.25) is 4.79 Å². The predicted octanol–water partition coefficient (Wildman–Crippen LogP) is 2.19. The van der Waals surface area contributed by atoms with E-state index in [1.807, 2.05) is 27.7 Å². The molecule has 1 aromatic carbocycles. The van der Waals surface area contributed by atoms with Crippen LogP contribution < -0.4 is 5.46 Å². The van der Waals surface area contributed by atoms with Gasteiger partial charge in [-0.05, 0) is 40.0 Å². The molecule has 0 bridgehead atoms. The summed E-state index contributed by atoms with van der Waals surface area (Å²) in [6.07, 6.45) is 0. The predicted molar refractivity (Wildman–Crippen MR) is 72.2 cm³/mol. The lowest BCUT2D eigenvalue weighted by atomic mass is 9.79. The molecule has 96 valence electrons. The van der Waals surface area contributed by atoms with Crippen molar-refractivity contribution in [2.75, 3.05) is 0 Å². The van der Waals surface area contributed by atoms with Crippen molar-refractivity contribution >= 4 is 18.4 Å². The first-order valence-corrected chi connectivity index (χ1v) is 5.94. The lowest BCUT2D eigenvalue weighted by Gasteiger charge is -2.32. The summed E-state index contributed by atoms with van der Waals surface area (Å²) in [5.74, 6) is -0.858. The fraction of sp³-hybridized carbons (Fsp3) is 0.500. The molecule has 0 aromatic heterocycles. The van der Waals surface area contributed by atoms with E-state index in [2.05, 4.69) is 0 Å². The Kier molecular flexibility index (Phi) is 2.28. The highest BCUT2D eigenvalue weighted by Crippen LogP contribution is 2.36. The Balaban J connectivity index is 2.20. The standard InChI is InChI=1S/C14H19BO3/c1-10(16)11-6-8-12(9-7-11)15-17-13(2,3)14(4,5)18-15/h6-9H,1-5H3/i1D3. The Morgan fingerprint density at radius 2 is 1.61 bits per heavy atom. The third-order valence-electron chi connectivity index (χ3n) is 3.70. The van der Waals surface area contributed by atoms with Crippen LogP contribution in [0.25, 0.3) is 0 Å². The smallest absolute Gasteiger partial charge is 0.399 e. The van der Waals surface area contributed by atoms with E-state index in [0.29, 0.717) is 0 Å². The van der Waals surface area contributed by atoms with Gasteiger partial charge in [-0.25, -0.2) is 0 Å². The van der Waals surface area contributed by atoms with Crippen LogP contribution in [0.3, 0.4) is 0 Å². The number of carbonyl (C=O) groups is 1. The first-order valence-electron chi connectivity index (χ1n) is 7.44. The van der Waals surface area contributed by atoms with Gasteiger partial charge in [-0.15, -0.1) is 0 Å². The molecular formula is C14H19BO3. The minimum Gasteiger partial charge on any atom is -0.399 e. The van der Waals surface area contributed by atoms with Crippen LogP contribution >= 0.6 is 0 Å². The number of ketones is 1. The number of hydrogen-bond donors (Lipinski definition) is 0. The van der Waals surface area contributed by atoms with Crippen molar-refractivity contribution in [3.05, 3.63) is 29.8 Å². The molecule has 3 nitrogen and oxygen atoms in total. The highest BCUT2D eigenvalue weighted by Gasteiger charge is 2.51. The largest absolute Gasteiger partial charge is 0.494 e. The Morgan fingerprint density at radius 3 is 2.06 bits per heavy atom. The van der Waals surface area contributed by atoms with Gasteiger partial charge in [0.15, 0.2) is 5.78 Å².